The number of fused-ring (bicyclic) bond motifs is 1. The van der Waals surface area contributed by atoms with Crippen molar-refractivity contribution < 1.29 is 13.5 Å². The van der Waals surface area contributed by atoms with Crippen molar-refractivity contribution in [2.75, 3.05) is 12.4 Å². The molecule has 30 heavy (non-hydrogen) atoms. The van der Waals surface area contributed by atoms with Crippen LogP contribution in [0, 0.1) is 5.92 Å². The molecule has 2 N–H and O–H groups in total. The van der Waals surface area contributed by atoms with E-state index < -0.39 is 23.5 Å². The Bertz CT molecular complexity index is 1230. The lowest BCUT2D eigenvalue weighted by Crippen LogP contribution is -2.21. The highest BCUT2D eigenvalue weighted by atomic mass is 35.5. The zero-order valence-corrected chi connectivity index (χ0v) is 17.0. The number of methoxy groups -OCH3 is 1. The van der Waals surface area contributed by atoms with E-state index in [2.05, 4.69) is 15.3 Å². The van der Waals surface area contributed by atoms with Gasteiger partial charge in [0.05, 0.1) is 25.5 Å². The smallest absolute Gasteiger partial charge is 0.316 e. The number of aromatic amines is 1. The first-order chi connectivity index (χ1) is 14.4. The number of nitrogens with one attached hydrogen (secondary N) is 2. The number of anilines is 2. The van der Waals surface area contributed by atoms with Crippen molar-refractivity contribution >= 4 is 34.1 Å². The minimum atomic E-state index is -1.65. The zero-order valence-electron chi connectivity index (χ0n) is 16.2. The molecule has 0 saturated carbocycles. The molecule has 1 aliphatic rings. The summed E-state index contributed by atoms with van der Waals surface area (Å²) in [6, 6.07) is 5.37. The van der Waals surface area contributed by atoms with E-state index in [-0.39, 0.29) is 18.2 Å². The van der Waals surface area contributed by atoms with E-state index >= 15 is 0 Å². The summed E-state index contributed by atoms with van der Waals surface area (Å²) in [7, 11) is 1.37. The zero-order chi connectivity index (χ0) is 21.4. The molecule has 2 unspecified atom stereocenters. The standard InChI is InChI=1S/C21H19ClF2N4O2/c1-11-5-12(6-15(23)19(11)24)9-28-10-18(30-2)20(29)27-21(28)26-17-8-13(22)7-16-14(17)3-4-25-16/h3-8,10-11,19,25H,9H2,1-2H3,(H,26,27,29). The fourth-order valence-corrected chi connectivity index (χ4v) is 3.68. The minimum Gasteiger partial charge on any atom is -0.490 e. The fourth-order valence-electron chi connectivity index (χ4n) is 3.46. The second kappa shape index (κ2) is 7.95. The van der Waals surface area contributed by atoms with Gasteiger partial charge in [-0.2, -0.15) is 4.98 Å². The van der Waals surface area contributed by atoms with Gasteiger partial charge >= 0.3 is 5.56 Å². The molecule has 0 radical (unpaired) electrons. The Balaban J connectivity index is 1.76. The monoisotopic (exact) mass is 432 g/mol. The van der Waals surface area contributed by atoms with Crippen molar-refractivity contribution in [3.05, 3.63) is 69.5 Å². The molecule has 1 aliphatic carbocycles. The largest absolute Gasteiger partial charge is 0.490 e. The van der Waals surface area contributed by atoms with Crippen molar-refractivity contribution in [1.82, 2.24) is 14.5 Å². The predicted octanol–water partition coefficient (Wildman–Crippen LogP) is 4.90. The highest BCUT2D eigenvalue weighted by Gasteiger charge is 2.24. The summed E-state index contributed by atoms with van der Waals surface area (Å²) < 4.78 is 34.4. The third kappa shape index (κ3) is 3.82. The summed E-state index contributed by atoms with van der Waals surface area (Å²) in [5.74, 6) is -1.16. The van der Waals surface area contributed by atoms with Crippen LogP contribution < -0.4 is 15.6 Å². The molecule has 6 nitrogen and oxygen atoms in total. The van der Waals surface area contributed by atoms with E-state index in [0.717, 1.165) is 10.9 Å². The molecule has 1 aromatic carbocycles. The van der Waals surface area contributed by atoms with Crippen molar-refractivity contribution in [2.45, 2.75) is 19.6 Å². The number of halogens is 3. The van der Waals surface area contributed by atoms with Crippen LogP contribution in [-0.2, 0) is 6.54 Å². The summed E-state index contributed by atoms with van der Waals surface area (Å²) in [6.07, 6.45) is 4.43. The topological polar surface area (TPSA) is 71.9 Å². The molecule has 156 valence electrons. The first kappa shape index (κ1) is 20.2. The lowest BCUT2D eigenvalue weighted by Gasteiger charge is -2.21. The maximum Gasteiger partial charge on any atom is 0.316 e. The second-order valence-corrected chi connectivity index (χ2v) is 7.55. The predicted molar refractivity (Wildman–Crippen MR) is 113 cm³/mol. The van der Waals surface area contributed by atoms with Gasteiger partial charge in [0.25, 0.3) is 0 Å². The summed E-state index contributed by atoms with van der Waals surface area (Å²) in [6.45, 7) is 1.77. The highest BCUT2D eigenvalue weighted by molar-refractivity contribution is 6.31. The van der Waals surface area contributed by atoms with Crippen molar-refractivity contribution in [3.63, 3.8) is 0 Å². The van der Waals surface area contributed by atoms with Crippen LogP contribution in [0.3, 0.4) is 0 Å². The van der Waals surface area contributed by atoms with E-state index in [1.165, 1.54) is 19.4 Å². The first-order valence-electron chi connectivity index (χ1n) is 9.26. The van der Waals surface area contributed by atoms with E-state index in [1.54, 1.807) is 35.9 Å². The van der Waals surface area contributed by atoms with Crippen LogP contribution in [0.4, 0.5) is 20.4 Å². The van der Waals surface area contributed by atoms with Crippen LogP contribution in [0.15, 0.2) is 58.9 Å². The van der Waals surface area contributed by atoms with Gasteiger partial charge in [0, 0.05) is 28.0 Å². The lowest BCUT2D eigenvalue weighted by atomic mass is 9.95. The summed E-state index contributed by atoms with van der Waals surface area (Å²) >= 11 is 6.20. The van der Waals surface area contributed by atoms with Crippen LogP contribution in [-0.4, -0.2) is 27.8 Å². The number of aromatic nitrogens is 3. The number of H-pyrrole nitrogens is 1. The number of allylic oxidation sites excluding steroid dienone is 4. The SMILES string of the molecule is COc1cn(CC2=CC(C)C(F)C(F)=C2)c(Nc2cc(Cl)cc3[nH]ccc23)nc1=O. The molecule has 0 saturated heterocycles. The van der Waals surface area contributed by atoms with Gasteiger partial charge in [-0.1, -0.05) is 24.6 Å². The molecule has 2 heterocycles. The number of ether oxygens (including phenoxy) is 1. The Morgan fingerprint density at radius 3 is 2.93 bits per heavy atom. The van der Waals surface area contributed by atoms with Crippen LogP contribution in [0.2, 0.25) is 5.02 Å². The second-order valence-electron chi connectivity index (χ2n) is 7.11. The van der Waals surface area contributed by atoms with Crippen LogP contribution in [0.5, 0.6) is 5.75 Å². The van der Waals surface area contributed by atoms with E-state index in [9.17, 15) is 13.6 Å². The average molecular weight is 433 g/mol. The lowest BCUT2D eigenvalue weighted by molar-refractivity contribution is 0.269. The minimum absolute atomic E-state index is 0.0377. The van der Waals surface area contributed by atoms with E-state index in [4.69, 9.17) is 16.3 Å². The summed E-state index contributed by atoms with van der Waals surface area (Å²) in [5.41, 5.74) is 1.46. The third-order valence-corrected chi connectivity index (χ3v) is 5.16. The van der Waals surface area contributed by atoms with Gasteiger partial charge in [0.15, 0.2) is 6.17 Å². The molecule has 2 aromatic heterocycles. The van der Waals surface area contributed by atoms with Crippen molar-refractivity contribution in [3.8, 4) is 5.75 Å². The summed E-state index contributed by atoms with van der Waals surface area (Å²) in [5, 5.41) is 4.48. The Labute approximate surface area is 175 Å². The number of benzene rings is 1. The molecule has 2 atom stereocenters. The molecule has 0 aliphatic heterocycles. The molecule has 0 bridgehead atoms. The summed E-state index contributed by atoms with van der Waals surface area (Å²) in [4.78, 5) is 19.4. The number of alkyl halides is 1. The van der Waals surface area contributed by atoms with Crippen LogP contribution >= 0.6 is 11.6 Å². The Morgan fingerprint density at radius 1 is 1.40 bits per heavy atom. The number of hydrogen-bond donors (Lipinski definition) is 2. The van der Waals surface area contributed by atoms with Crippen LogP contribution in [0.1, 0.15) is 6.92 Å². The van der Waals surface area contributed by atoms with Gasteiger partial charge in [-0.25, -0.2) is 8.78 Å². The van der Waals surface area contributed by atoms with Crippen molar-refractivity contribution in [2.24, 2.45) is 5.92 Å². The average Bonchev–Trinajstić information content (AvgIpc) is 3.16. The molecular weight excluding hydrogens is 414 g/mol. The molecule has 3 aromatic rings. The molecule has 0 amide bonds. The maximum atomic E-state index is 13.9. The fraction of sp³-hybridized carbons (Fsp3) is 0.238. The van der Waals surface area contributed by atoms with Gasteiger partial charge in [0.1, 0.15) is 5.83 Å². The Morgan fingerprint density at radius 2 is 2.20 bits per heavy atom. The molecule has 0 fully saturated rings. The van der Waals surface area contributed by atoms with Gasteiger partial charge in [-0.15, -0.1) is 0 Å². The van der Waals surface area contributed by atoms with Crippen molar-refractivity contribution in [1.29, 1.82) is 0 Å². The normalized spacial score (nSPS) is 18.8. The number of hydrogen-bond acceptors (Lipinski definition) is 4. The van der Waals surface area contributed by atoms with Gasteiger partial charge in [-0.05, 0) is 29.8 Å². The van der Waals surface area contributed by atoms with E-state index in [0.29, 0.717) is 16.3 Å². The maximum absolute atomic E-state index is 13.9. The number of rotatable bonds is 5. The quantitative estimate of drug-likeness (QED) is 0.601. The highest BCUT2D eigenvalue weighted by Crippen LogP contribution is 2.31. The number of nitrogens with zero attached hydrogens (tertiary/aromatic N) is 2. The van der Waals surface area contributed by atoms with Gasteiger partial charge in [0.2, 0.25) is 11.7 Å². The van der Waals surface area contributed by atoms with Gasteiger partial charge in [-0.3, -0.25) is 4.79 Å². The first-order valence-corrected chi connectivity index (χ1v) is 9.64. The third-order valence-electron chi connectivity index (χ3n) is 4.94. The Kier molecular flexibility index (Phi) is 5.34. The Hall–Kier alpha value is -3.13. The molecule has 0 spiro atoms. The van der Waals surface area contributed by atoms with Gasteiger partial charge < -0.3 is 19.6 Å². The molecule has 9 heteroatoms. The molecule has 4 rings (SSSR count). The van der Waals surface area contributed by atoms with Crippen LogP contribution in [0.25, 0.3) is 10.9 Å². The molecular formula is C21H19ClF2N4O2. The van der Waals surface area contributed by atoms with E-state index in [1.807, 2.05) is 6.07 Å².